The molecule has 108 valence electrons. The molecule has 0 amide bonds. The van der Waals surface area contributed by atoms with Gasteiger partial charge in [0.25, 0.3) is 0 Å². The maximum atomic E-state index is 13.9. The molecule has 1 heterocycles. The lowest BCUT2D eigenvalue weighted by Crippen LogP contribution is -2.20. The third kappa shape index (κ3) is 3.16. The van der Waals surface area contributed by atoms with E-state index in [-0.39, 0.29) is 16.6 Å². The van der Waals surface area contributed by atoms with Crippen molar-refractivity contribution in [3.8, 4) is 0 Å². The summed E-state index contributed by atoms with van der Waals surface area (Å²) in [5, 5.41) is 3.69. The van der Waals surface area contributed by atoms with E-state index in [4.69, 9.17) is 11.6 Å². The van der Waals surface area contributed by atoms with Crippen LogP contribution >= 0.6 is 22.9 Å². The van der Waals surface area contributed by atoms with Crippen LogP contribution in [0.5, 0.6) is 0 Å². The number of hydrogen-bond donors (Lipinski definition) is 1. The number of thiazole rings is 1. The molecule has 2 rings (SSSR count). The summed E-state index contributed by atoms with van der Waals surface area (Å²) >= 11 is 7.14. The van der Waals surface area contributed by atoms with Gasteiger partial charge < -0.3 is 5.32 Å². The summed E-state index contributed by atoms with van der Waals surface area (Å²) in [7, 11) is 1.71. The minimum absolute atomic E-state index is 0.206. The number of nitrogens with zero attached hydrogens (tertiary/aromatic N) is 1. The fourth-order valence-electron chi connectivity index (χ4n) is 1.97. The number of rotatable bonds is 4. The van der Waals surface area contributed by atoms with Gasteiger partial charge in [-0.1, -0.05) is 11.6 Å². The van der Waals surface area contributed by atoms with Crippen LogP contribution in [0.3, 0.4) is 0 Å². The molecule has 0 saturated heterocycles. The Labute approximate surface area is 125 Å². The van der Waals surface area contributed by atoms with E-state index in [1.807, 2.05) is 13.8 Å². The first-order valence-corrected chi connectivity index (χ1v) is 7.36. The minimum atomic E-state index is -0.616. The Morgan fingerprint density at radius 3 is 2.55 bits per heavy atom. The van der Waals surface area contributed by atoms with Gasteiger partial charge in [-0.15, -0.1) is 11.3 Å². The molecule has 0 radical (unpaired) electrons. The van der Waals surface area contributed by atoms with Crippen molar-refractivity contribution in [1.29, 1.82) is 0 Å². The molecule has 0 bridgehead atoms. The number of aromatic nitrogens is 1. The largest absolute Gasteiger partial charge is 0.313 e. The van der Waals surface area contributed by atoms with Crippen molar-refractivity contribution in [3.05, 3.63) is 49.9 Å². The van der Waals surface area contributed by atoms with Crippen molar-refractivity contribution < 1.29 is 8.78 Å². The zero-order valence-corrected chi connectivity index (χ0v) is 13.0. The highest BCUT2D eigenvalue weighted by Crippen LogP contribution is 2.28. The summed E-state index contributed by atoms with van der Waals surface area (Å²) in [4.78, 5) is 5.57. The van der Waals surface area contributed by atoms with Crippen LogP contribution in [0.25, 0.3) is 0 Å². The predicted molar refractivity (Wildman–Crippen MR) is 78.5 cm³/mol. The zero-order valence-electron chi connectivity index (χ0n) is 11.4. The van der Waals surface area contributed by atoms with Gasteiger partial charge >= 0.3 is 0 Å². The average Bonchev–Trinajstić information content (AvgIpc) is 2.70. The zero-order chi connectivity index (χ0) is 14.9. The second kappa shape index (κ2) is 6.16. The molecule has 2 nitrogen and oxygen atoms in total. The Hall–Kier alpha value is -1.04. The molecule has 0 aliphatic carbocycles. The van der Waals surface area contributed by atoms with Gasteiger partial charge in [0, 0.05) is 22.9 Å². The van der Waals surface area contributed by atoms with Crippen molar-refractivity contribution in [3.63, 3.8) is 0 Å². The minimum Gasteiger partial charge on any atom is -0.313 e. The Kier molecular flexibility index (Phi) is 4.73. The fraction of sp³-hybridized carbons (Fsp3) is 0.357. The SMILES string of the molecule is CNC(Cc1nc(C)c(C)s1)c1cc(F)c(Cl)cc1F. The molecule has 20 heavy (non-hydrogen) atoms. The molecule has 1 aromatic heterocycles. The van der Waals surface area contributed by atoms with E-state index in [0.717, 1.165) is 27.7 Å². The summed E-state index contributed by atoms with van der Waals surface area (Å²) in [6, 6.07) is 1.81. The molecule has 0 aliphatic heterocycles. The van der Waals surface area contributed by atoms with E-state index in [0.29, 0.717) is 6.42 Å². The molecule has 1 aromatic carbocycles. The summed E-state index contributed by atoms with van der Waals surface area (Å²) in [6.07, 6.45) is 0.508. The highest BCUT2D eigenvalue weighted by atomic mass is 35.5. The third-order valence-corrected chi connectivity index (χ3v) is 4.60. The number of hydrogen-bond acceptors (Lipinski definition) is 3. The molecule has 1 unspecified atom stereocenters. The second-order valence-corrected chi connectivity index (χ2v) is 6.28. The maximum absolute atomic E-state index is 13.9. The first-order chi connectivity index (χ1) is 9.42. The maximum Gasteiger partial charge on any atom is 0.142 e. The van der Waals surface area contributed by atoms with Crippen LogP contribution in [0, 0.1) is 25.5 Å². The van der Waals surface area contributed by atoms with Crippen molar-refractivity contribution >= 4 is 22.9 Å². The number of benzene rings is 1. The van der Waals surface area contributed by atoms with E-state index in [1.165, 1.54) is 0 Å². The van der Waals surface area contributed by atoms with Crippen molar-refractivity contribution in [2.45, 2.75) is 26.3 Å². The lowest BCUT2D eigenvalue weighted by atomic mass is 10.0. The predicted octanol–water partition coefficient (Wildman–Crippen LogP) is 4.19. The van der Waals surface area contributed by atoms with Gasteiger partial charge in [0.2, 0.25) is 0 Å². The number of likely N-dealkylation sites (N-methyl/N-ethyl adjacent to an activating group) is 1. The first kappa shape index (κ1) is 15.4. The number of halogens is 3. The molecule has 1 atom stereocenters. The molecule has 2 aromatic rings. The summed E-state index contributed by atoms with van der Waals surface area (Å²) in [5.74, 6) is -1.13. The normalized spacial score (nSPS) is 12.7. The highest BCUT2D eigenvalue weighted by molar-refractivity contribution is 7.11. The Balaban J connectivity index is 2.30. The van der Waals surface area contributed by atoms with E-state index < -0.39 is 11.6 Å². The van der Waals surface area contributed by atoms with Gasteiger partial charge in [0.05, 0.1) is 15.7 Å². The Morgan fingerprint density at radius 2 is 2.00 bits per heavy atom. The van der Waals surface area contributed by atoms with Crippen LogP contribution in [0.1, 0.15) is 27.2 Å². The fourth-order valence-corrected chi connectivity index (χ4v) is 3.10. The molecular formula is C14H15ClF2N2S. The van der Waals surface area contributed by atoms with E-state index >= 15 is 0 Å². The van der Waals surface area contributed by atoms with Gasteiger partial charge in [-0.05, 0) is 33.0 Å². The standard InChI is InChI=1S/C14H15ClF2N2S/c1-7-8(2)20-14(19-7)6-13(18-3)9-4-12(17)10(15)5-11(9)16/h4-5,13,18H,6H2,1-3H3. The molecule has 6 heteroatoms. The molecule has 0 aliphatic rings. The lowest BCUT2D eigenvalue weighted by molar-refractivity contribution is 0.522. The molecule has 0 spiro atoms. The molecule has 1 N–H and O–H groups in total. The molecular weight excluding hydrogens is 302 g/mol. The monoisotopic (exact) mass is 316 g/mol. The second-order valence-electron chi connectivity index (χ2n) is 4.58. The molecule has 0 saturated carbocycles. The van der Waals surface area contributed by atoms with Crippen LogP contribution in [-0.2, 0) is 6.42 Å². The summed E-state index contributed by atoms with van der Waals surface area (Å²) < 4.78 is 27.5. The van der Waals surface area contributed by atoms with Crippen molar-refractivity contribution in [1.82, 2.24) is 10.3 Å². The van der Waals surface area contributed by atoms with Crippen LogP contribution in [-0.4, -0.2) is 12.0 Å². The number of nitrogens with one attached hydrogen (secondary N) is 1. The third-order valence-electron chi connectivity index (χ3n) is 3.22. The van der Waals surface area contributed by atoms with Crippen LogP contribution in [0.2, 0.25) is 5.02 Å². The highest BCUT2D eigenvalue weighted by Gasteiger charge is 2.19. The van der Waals surface area contributed by atoms with Gasteiger partial charge in [-0.2, -0.15) is 0 Å². The lowest BCUT2D eigenvalue weighted by Gasteiger charge is -2.16. The van der Waals surface area contributed by atoms with Gasteiger partial charge in [-0.25, -0.2) is 13.8 Å². The van der Waals surface area contributed by atoms with Gasteiger partial charge in [-0.3, -0.25) is 0 Å². The molecule has 0 fully saturated rings. The smallest absolute Gasteiger partial charge is 0.142 e. The summed E-state index contributed by atoms with van der Waals surface area (Å²) in [6.45, 7) is 3.93. The van der Waals surface area contributed by atoms with E-state index in [9.17, 15) is 8.78 Å². The average molecular weight is 317 g/mol. The van der Waals surface area contributed by atoms with E-state index in [2.05, 4.69) is 10.3 Å². The van der Waals surface area contributed by atoms with E-state index in [1.54, 1.807) is 18.4 Å². The Morgan fingerprint density at radius 1 is 1.30 bits per heavy atom. The van der Waals surface area contributed by atoms with Gasteiger partial charge in [0.15, 0.2) is 0 Å². The van der Waals surface area contributed by atoms with Gasteiger partial charge in [0.1, 0.15) is 11.6 Å². The summed E-state index contributed by atoms with van der Waals surface area (Å²) in [5.41, 5.74) is 1.24. The van der Waals surface area contributed by atoms with Crippen molar-refractivity contribution in [2.24, 2.45) is 0 Å². The van der Waals surface area contributed by atoms with Crippen LogP contribution in [0.15, 0.2) is 12.1 Å². The topological polar surface area (TPSA) is 24.9 Å². The quantitative estimate of drug-likeness (QED) is 0.855. The number of aryl methyl sites for hydroxylation is 2. The van der Waals surface area contributed by atoms with Crippen LogP contribution in [0.4, 0.5) is 8.78 Å². The first-order valence-electron chi connectivity index (χ1n) is 6.17. The van der Waals surface area contributed by atoms with Crippen LogP contribution < -0.4 is 5.32 Å². The Bertz CT molecular complexity index is 608. The van der Waals surface area contributed by atoms with Crippen molar-refractivity contribution in [2.75, 3.05) is 7.05 Å².